The highest BCUT2D eigenvalue weighted by atomic mass is 16.6. The molecule has 0 aromatic carbocycles. The van der Waals surface area contributed by atoms with Crippen LogP contribution >= 0.6 is 0 Å². The molecule has 2 N–H and O–H groups in total. The molecule has 0 fully saturated rings. The molecule has 0 aliphatic rings. The van der Waals surface area contributed by atoms with Gasteiger partial charge in [-0.1, -0.05) is 20.8 Å². The fraction of sp³-hybridized carbons (Fsp3) is 0.818. The van der Waals surface area contributed by atoms with Crippen molar-refractivity contribution in [2.24, 2.45) is 5.41 Å². The molecular weight excluding hydrogens is 210 g/mol. The Morgan fingerprint density at radius 3 is 2.12 bits per heavy atom. The summed E-state index contributed by atoms with van der Waals surface area (Å²) in [5.74, 6) is -0.940. The normalized spacial score (nSPS) is 13.4. The number of hydrogen-bond acceptors (Lipinski definition) is 3. The number of amides is 1. The first-order valence-electron chi connectivity index (χ1n) is 5.32. The Labute approximate surface area is 96.2 Å². The van der Waals surface area contributed by atoms with E-state index in [9.17, 15) is 9.59 Å². The van der Waals surface area contributed by atoms with Crippen LogP contribution in [0.15, 0.2) is 0 Å². The molecule has 5 heteroatoms. The van der Waals surface area contributed by atoms with Crippen LogP contribution in [0, 0.1) is 5.41 Å². The SMILES string of the molecule is CC(C)OC(=O)NC(CC(=O)O)C(C)(C)C. The summed E-state index contributed by atoms with van der Waals surface area (Å²) in [7, 11) is 0. The summed E-state index contributed by atoms with van der Waals surface area (Å²) >= 11 is 0. The van der Waals surface area contributed by atoms with Crippen LogP contribution in [0.2, 0.25) is 0 Å². The van der Waals surface area contributed by atoms with Crippen LogP contribution in [0.1, 0.15) is 41.0 Å². The molecule has 0 aromatic rings. The van der Waals surface area contributed by atoms with Gasteiger partial charge in [0.05, 0.1) is 12.5 Å². The smallest absolute Gasteiger partial charge is 0.407 e. The molecule has 0 saturated carbocycles. The number of carboxylic acid groups (broad SMARTS) is 1. The Morgan fingerprint density at radius 1 is 1.31 bits per heavy atom. The van der Waals surface area contributed by atoms with E-state index in [4.69, 9.17) is 9.84 Å². The van der Waals surface area contributed by atoms with Gasteiger partial charge >= 0.3 is 12.1 Å². The second-order valence-corrected chi connectivity index (χ2v) is 5.11. The largest absolute Gasteiger partial charge is 0.481 e. The van der Waals surface area contributed by atoms with E-state index in [-0.39, 0.29) is 17.9 Å². The summed E-state index contributed by atoms with van der Waals surface area (Å²) in [6.07, 6.45) is -0.905. The zero-order valence-electron chi connectivity index (χ0n) is 10.5. The van der Waals surface area contributed by atoms with Crippen molar-refractivity contribution >= 4 is 12.1 Å². The average Bonchev–Trinajstić information content (AvgIpc) is 1.98. The number of rotatable bonds is 4. The number of nitrogens with one attached hydrogen (secondary N) is 1. The summed E-state index contributed by atoms with van der Waals surface area (Å²) in [4.78, 5) is 22.0. The van der Waals surface area contributed by atoms with E-state index in [2.05, 4.69) is 5.32 Å². The maximum atomic E-state index is 11.4. The van der Waals surface area contributed by atoms with Gasteiger partial charge in [-0.2, -0.15) is 0 Å². The van der Waals surface area contributed by atoms with Gasteiger partial charge in [0.25, 0.3) is 0 Å². The van der Waals surface area contributed by atoms with E-state index >= 15 is 0 Å². The third-order valence-corrected chi connectivity index (χ3v) is 2.06. The first kappa shape index (κ1) is 14.7. The quantitative estimate of drug-likeness (QED) is 0.776. The molecule has 0 heterocycles. The molecule has 94 valence electrons. The van der Waals surface area contributed by atoms with Gasteiger partial charge < -0.3 is 15.2 Å². The zero-order chi connectivity index (χ0) is 12.9. The van der Waals surface area contributed by atoms with Crippen molar-refractivity contribution in [3.8, 4) is 0 Å². The molecule has 0 saturated heterocycles. The van der Waals surface area contributed by atoms with Crippen LogP contribution in [-0.4, -0.2) is 29.3 Å². The van der Waals surface area contributed by atoms with Gasteiger partial charge in [0.15, 0.2) is 0 Å². The summed E-state index contributed by atoms with van der Waals surface area (Å²) < 4.78 is 4.91. The highest BCUT2D eigenvalue weighted by molar-refractivity contribution is 5.71. The third kappa shape index (κ3) is 6.27. The molecule has 0 rings (SSSR count). The fourth-order valence-electron chi connectivity index (χ4n) is 1.14. The van der Waals surface area contributed by atoms with E-state index < -0.39 is 18.1 Å². The maximum Gasteiger partial charge on any atom is 0.407 e. The van der Waals surface area contributed by atoms with Crippen LogP contribution in [0.25, 0.3) is 0 Å². The van der Waals surface area contributed by atoms with Crippen molar-refractivity contribution in [3.05, 3.63) is 0 Å². The Bertz CT molecular complexity index is 255. The molecular formula is C11H21NO4. The number of alkyl carbamates (subject to hydrolysis) is 1. The summed E-state index contributed by atoms with van der Waals surface area (Å²) in [6, 6.07) is -0.448. The van der Waals surface area contributed by atoms with E-state index in [1.807, 2.05) is 20.8 Å². The maximum absolute atomic E-state index is 11.4. The van der Waals surface area contributed by atoms with Crippen molar-refractivity contribution in [1.29, 1.82) is 0 Å². The van der Waals surface area contributed by atoms with Crippen molar-refractivity contribution in [2.75, 3.05) is 0 Å². The standard InChI is InChI=1S/C11H21NO4/c1-7(2)16-10(15)12-8(6-9(13)14)11(3,4)5/h7-8H,6H2,1-5H3,(H,12,15)(H,13,14). The second-order valence-electron chi connectivity index (χ2n) is 5.11. The molecule has 0 aromatic heterocycles. The number of carbonyl (C=O) groups excluding carboxylic acids is 1. The van der Waals surface area contributed by atoms with Crippen molar-refractivity contribution in [3.63, 3.8) is 0 Å². The van der Waals surface area contributed by atoms with Gasteiger partial charge in [-0.15, -0.1) is 0 Å². The van der Waals surface area contributed by atoms with Gasteiger partial charge in [-0.05, 0) is 19.3 Å². The van der Waals surface area contributed by atoms with Gasteiger partial charge in [-0.3, -0.25) is 4.79 Å². The lowest BCUT2D eigenvalue weighted by Crippen LogP contribution is -2.45. The molecule has 0 aliphatic heterocycles. The molecule has 5 nitrogen and oxygen atoms in total. The van der Waals surface area contributed by atoms with Gasteiger partial charge in [-0.25, -0.2) is 4.79 Å². The number of hydrogen-bond donors (Lipinski definition) is 2. The molecule has 1 unspecified atom stereocenters. The summed E-state index contributed by atoms with van der Waals surface area (Å²) in [5, 5.41) is 11.3. The molecule has 0 bridgehead atoms. The predicted octanol–water partition coefficient (Wildman–Crippen LogP) is 2.01. The van der Waals surface area contributed by atoms with Crippen molar-refractivity contribution in [2.45, 2.75) is 53.2 Å². The topological polar surface area (TPSA) is 75.6 Å². The van der Waals surface area contributed by atoms with E-state index in [0.29, 0.717) is 0 Å². The molecule has 0 spiro atoms. The molecule has 1 atom stereocenters. The Kier molecular flexibility index (Phi) is 5.27. The molecule has 1 amide bonds. The highest BCUT2D eigenvalue weighted by Gasteiger charge is 2.29. The lowest BCUT2D eigenvalue weighted by molar-refractivity contribution is -0.138. The first-order chi connectivity index (χ1) is 7.12. The minimum absolute atomic E-state index is 0.114. The van der Waals surface area contributed by atoms with Crippen LogP contribution in [-0.2, 0) is 9.53 Å². The minimum atomic E-state index is -0.940. The van der Waals surface area contributed by atoms with Crippen LogP contribution in [0.5, 0.6) is 0 Å². The Balaban J connectivity index is 4.44. The van der Waals surface area contributed by atoms with Crippen LogP contribution in [0.4, 0.5) is 4.79 Å². The molecule has 0 radical (unpaired) electrons. The summed E-state index contributed by atoms with van der Waals surface area (Å²) in [5.41, 5.74) is -0.325. The monoisotopic (exact) mass is 231 g/mol. The first-order valence-corrected chi connectivity index (χ1v) is 5.32. The number of carboxylic acids is 1. The fourth-order valence-corrected chi connectivity index (χ4v) is 1.14. The van der Waals surface area contributed by atoms with E-state index in [1.54, 1.807) is 13.8 Å². The van der Waals surface area contributed by atoms with Gasteiger partial charge in [0.1, 0.15) is 0 Å². The van der Waals surface area contributed by atoms with Crippen LogP contribution < -0.4 is 5.32 Å². The van der Waals surface area contributed by atoms with Crippen molar-refractivity contribution < 1.29 is 19.4 Å². The van der Waals surface area contributed by atoms with Crippen molar-refractivity contribution in [1.82, 2.24) is 5.32 Å². The van der Waals surface area contributed by atoms with Crippen LogP contribution in [0.3, 0.4) is 0 Å². The van der Waals surface area contributed by atoms with E-state index in [0.717, 1.165) is 0 Å². The summed E-state index contributed by atoms with van der Waals surface area (Å²) in [6.45, 7) is 9.09. The lowest BCUT2D eigenvalue weighted by Gasteiger charge is -2.30. The minimum Gasteiger partial charge on any atom is -0.481 e. The third-order valence-electron chi connectivity index (χ3n) is 2.06. The Hall–Kier alpha value is -1.26. The molecule has 0 aliphatic carbocycles. The van der Waals surface area contributed by atoms with Gasteiger partial charge in [0, 0.05) is 6.04 Å². The number of ether oxygens (including phenoxy) is 1. The number of aliphatic carboxylic acids is 1. The number of carbonyl (C=O) groups is 2. The predicted molar refractivity (Wildman–Crippen MR) is 60.2 cm³/mol. The Morgan fingerprint density at radius 2 is 1.81 bits per heavy atom. The zero-order valence-corrected chi connectivity index (χ0v) is 10.5. The second kappa shape index (κ2) is 5.72. The highest BCUT2D eigenvalue weighted by Crippen LogP contribution is 2.22. The van der Waals surface area contributed by atoms with E-state index in [1.165, 1.54) is 0 Å². The molecule has 16 heavy (non-hydrogen) atoms. The van der Waals surface area contributed by atoms with Gasteiger partial charge in [0.2, 0.25) is 0 Å². The lowest BCUT2D eigenvalue weighted by atomic mass is 9.85. The average molecular weight is 231 g/mol.